The molecule has 0 saturated heterocycles. The first-order valence-electron chi connectivity index (χ1n) is 6.14. The van der Waals surface area contributed by atoms with Crippen molar-refractivity contribution >= 4 is 10.8 Å². The molecule has 0 N–H and O–H groups in total. The van der Waals surface area contributed by atoms with E-state index in [4.69, 9.17) is 0 Å². The van der Waals surface area contributed by atoms with Crippen LogP contribution in [-0.2, 0) is 27.9 Å². The molecule has 0 aromatic heterocycles. The van der Waals surface area contributed by atoms with E-state index in [-0.39, 0.29) is 17.1 Å². The predicted octanol–water partition coefficient (Wildman–Crippen LogP) is 3.48. The molecule has 0 aliphatic heterocycles. The van der Waals surface area contributed by atoms with E-state index in [1.54, 1.807) is 0 Å². The van der Waals surface area contributed by atoms with Crippen LogP contribution in [0.4, 0.5) is 0 Å². The summed E-state index contributed by atoms with van der Waals surface area (Å²) in [5.74, 6) is 0. The minimum atomic E-state index is -1.02. The summed E-state index contributed by atoms with van der Waals surface area (Å²) in [6.07, 6.45) is 17.6. The summed E-state index contributed by atoms with van der Waals surface area (Å²) < 4.78 is 11.9. The Morgan fingerprint density at radius 3 is 1.65 bits per heavy atom. The maximum Gasteiger partial charge on any atom is 2.00 e. The fourth-order valence-corrected chi connectivity index (χ4v) is 2.66. The molecule has 1 aromatic carbocycles. The van der Waals surface area contributed by atoms with E-state index in [1.165, 1.54) is 5.56 Å². The Bertz CT molecular complexity index is 384. The van der Waals surface area contributed by atoms with Crippen LogP contribution in [0.5, 0.6) is 0 Å². The summed E-state index contributed by atoms with van der Waals surface area (Å²) in [7, 11) is -1.02. The minimum Gasteiger partial charge on any atom is -0.254 e. The first kappa shape index (κ1) is 17.9. The van der Waals surface area contributed by atoms with E-state index in [1.807, 2.05) is 89.0 Å². The van der Waals surface area contributed by atoms with Gasteiger partial charge in [0.05, 0.1) is 16.0 Å². The van der Waals surface area contributed by atoms with Crippen LogP contribution < -0.4 is 0 Å². The molecule has 0 unspecified atom stereocenters. The van der Waals surface area contributed by atoms with Gasteiger partial charge in [0.2, 0.25) is 0 Å². The molecule has 0 heterocycles. The van der Waals surface area contributed by atoms with E-state index in [2.05, 4.69) is 0 Å². The number of aryl methyl sites for hydroxylation is 1. The van der Waals surface area contributed by atoms with Crippen molar-refractivity contribution in [2.24, 2.45) is 0 Å². The summed E-state index contributed by atoms with van der Waals surface area (Å²) in [4.78, 5) is 0.863. The van der Waals surface area contributed by atoms with Gasteiger partial charge in [-0.2, -0.15) is 0 Å². The number of hydrogen-bond donors (Lipinski definition) is 0. The van der Waals surface area contributed by atoms with Gasteiger partial charge in [-0.1, -0.05) is 17.7 Å². The van der Waals surface area contributed by atoms with Crippen LogP contribution in [-0.4, -0.2) is 4.21 Å². The predicted molar refractivity (Wildman–Crippen MR) is 79.5 cm³/mol. The Kier molecular flexibility index (Phi) is 8.75. The van der Waals surface area contributed by atoms with Gasteiger partial charge in [-0.25, -0.2) is 0 Å². The molecule has 102 valence electrons. The normalized spacial score (nSPS) is 19.9. The largest absolute Gasteiger partial charge is 2.00 e. The van der Waals surface area contributed by atoms with Gasteiger partial charge in [0.1, 0.15) is 0 Å². The zero-order valence-corrected chi connectivity index (χ0v) is 13.1. The van der Waals surface area contributed by atoms with Crippen LogP contribution in [0.15, 0.2) is 29.2 Å². The Labute approximate surface area is 136 Å². The van der Waals surface area contributed by atoms with Crippen molar-refractivity contribution in [3.8, 4) is 0 Å². The zero-order valence-electron chi connectivity index (χ0n) is 11.2. The van der Waals surface area contributed by atoms with Crippen LogP contribution in [0, 0.1) is 70.0 Å². The van der Waals surface area contributed by atoms with Gasteiger partial charge in [-0.05, 0) is 76.8 Å². The van der Waals surface area contributed by atoms with Gasteiger partial charge in [-0.3, -0.25) is 4.21 Å². The van der Waals surface area contributed by atoms with E-state index in [0.29, 0.717) is 0 Å². The third-order valence-electron chi connectivity index (χ3n) is 2.64. The topological polar surface area (TPSA) is 17.1 Å². The summed E-state index contributed by atoms with van der Waals surface area (Å²) >= 11 is 0. The van der Waals surface area contributed by atoms with Gasteiger partial charge in [0, 0.05) is 4.90 Å². The molecular weight excluding hydrogens is 308 g/mol. The zero-order chi connectivity index (χ0) is 13.5. The molecule has 2 fully saturated rings. The third kappa shape index (κ3) is 5.71. The van der Waals surface area contributed by atoms with Gasteiger partial charge >= 0.3 is 17.1 Å². The van der Waals surface area contributed by atoms with Crippen molar-refractivity contribution in [2.45, 2.75) is 11.8 Å². The summed E-state index contributed by atoms with van der Waals surface area (Å²) in [5.41, 5.74) is 1.19. The first-order valence-corrected chi connectivity index (χ1v) is 7.29. The van der Waals surface area contributed by atoms with E-state index < -0.39 is 10.8 Å². The molecule has 10 radical (unpaired) electrons. The summed E-state index contributed by atoms with van der Waals surface area (Å²) in [6.45, 7) is 2.02. The second-order valence-electron chi connectivity index (χ2n) is 4.16. The minimum absolute atomic E-state index is 0. The Morgan fingerprint density at radius 1 is 0.750 bits per heavy atom. The van der Waals surface area contributed by atoms with E-state index >= 15 is 0 Å². The molecule has 1 nitrogen and oxygen atoms in total. The first-order chi connectivity index (χ1) is 9.27. The standard InChI is InChI=1S/C12H11OS.C5H5.Fe/c1-10-6-8-12(9-7-10)14(13)11-4-2-3-5-11;1-2-4-5-3-1;/h2-9H,1H3;1-5H;/q;;+2/t14-;;/m0../s1. The van der Waals surface area contributed by atoms with Crippen molar-refractivity contribution in [1.29, 1.82) is 0 Å². The monoisotopic (exact) mass is 324 g/mol. The molecular formula is C17H16FeOS+2. The molecule has 3 rings (SSSR count). The van der Waals surface area contributed by atoms with Gasteiger partial charge < -0.3 is 0 Å². The fraction of sp³-hybridized carbons (Fsp3) is 0.0588. The quantitative estimate of drug-likeness (QED) is 0.761. The molecule has 1 aromatic rings. The van der Waals surface area contributed by atoms with Gasteiger partial charge in [0.25, 0.3) is 0 Å². The molecule has 0 bridgehead atoms. The number of hydrogen-bond acceptors (Lipinski definition) is 1. The summed E-state index contributed by atoms with van der Waals surface area (Å²) in [5, 5.41) is 0.869. The van der Waals surface area contributed by atoms with Crippen molar-refractivity contribution in [1.82, 2.24) is 0 Å². The van der Waals surface area contributed by atoms with E-state index in [9.17, 15) is 4.21 Å². The van der Waals surface area contributed by atoms with Crippen LogP contribution >= 0.6 is 0 Å². The molecule has 2 saturated carbocycles. The Hall–Kier alpha value is -0.111. The van der Waals surface area contributed by atoms with Crippen LogP contribution in [0.2, 0.25) is 0 Å². The average molecular weight is 324 g/mol. The van der Waals surface area contributed by atoms with Gasteiger partial charge in [0.15, 0.2) is 0 Å². The number of rotatable bonds is 2. The molecule has 1 atom stereocenters. The molecule has 0 spiro atoms. The Balaban J connectivity index is 0.000000283. The number of benzene rings is 1. The van der Waals surface area contributed by atoms with Crippen LogP contribution in [0.3, 0.4) is 0 Å². The SMILES string of the molecule is Cc1ccc([S@@](=O)[C]2[CH][CH][CH][CH]2)cc1.[CH]1[CH][CH][CH][CH]1.[Fe+2]. The average Bonchev–Trinajstić information content (AvgIpc) is 3.15. The molecule has 20 heavy (non-hydrogen) atoms. The van der Waals surface area contributed by atoms with Crippen molar-refractivity contribution in [2.75, 3.05) is 0 Å². The van der Waals surface area contributed by atoms with Crippen LogP contribution in [0.1, 0.15) is 5.56 Å². The Morgan fingerprint density at radius 2 is 1.20 bits per heavy atom. The van der Waals surface area contributed by atoms with Crippen molar-refractivity contribution in [3.63, 3.8) is 0 Å². The fourth-order valence-electron chi connectivity index (χ4n) is 1.60. The summed E-state index contributed by atoms with van der Waals surface area (Å²) in [6, 6.07) is 7.79. The maximum absolute atomic E-state index is 11.9. The van der Waals surface area contributed by atoms with E-state index in [0.717, 1.165) is 10.1 Å². The molecule has 2 aliphatic rings. The second-order valence-corrected chi connectivity index (χ2v) is 5.64. The third-order valence-corrected chi connectivity index (χ3v) is 4.04. The smallest absolute Gasteiger partial charge is 0.254 e. The van der Waals surface area contributed by atoms with Crippen molar-refractivity contribution in [3.05, 3.63) is 92.9 Å². The van der Waals surface area contributed by atoms with Gasteiger partial charge in [-0.15, -0.1) is 0 Å². The maximum atomic E-state index is 11.9. The molecule has 0 amide bonds. The second kappa shape index (κ2) is 9.76. The van der Waals surface area contributed by atoms with Crippen LogP contribution in [0.25, 0.3) is 0 Å². The van der Waals surface area contributed by atoms with Crippen molar-refractivity contribution < 1.29 is 21.3 Å². The molecule has 3 heteroatoms. The molecule has 2 aliphatic carbocycles.